The van der Waals surface area contributed by atoms with E-state index in [0.717, 1.165) is 12.1 Å². The van der Waals surface area contributed by atoms with Crippen LogP contribution in [0.2, 0.25) is 0 Å². The highest BCUT2D eigenvalue weighted by molar-refractivity contribution is 7.89. The maximum Gasteiger partial charge on any atom is 0.244 e. The van der Waals surface area contributed by atoms with Crippen LogP contribution in [-0.4, -0.2) is 41.1 Å². The molecule has 0 saturated heterocycles. The van der Waals surface area contributed by atoms with Crippen LogP contribution in [0, 0.1) is 0 Å². The van der Waals surface area contributed by atoms with Gasteiger partial charge in [0.2, 0.25) is 10.0 Å². The van der Waals surface area contributed by atoms with Crippen LogP contribution in [0.15, 0.2) is 35.6 Å². The molecular formula is C13H19N5O2S. The van der Waals surface area contributed by atoms with Crippen molar-refractivity contribution in [1.29, 1.82) is 0 Å². The quantitative estimate of drug-likeness (QED) is 0.863. The number of pyridine rings is 1. The summed E-state index contributed by atoms with van der Waals surface area (Å²) in [7, 11) is -0.218. The number of hydrogen-bond acceptors (Lipinski definition) is 5. The van der Waals surface area contributed by atoms with Crippen LogP contribution < -0.4 is 5.32 Å². The van der Waals surface area contributed by atoms with Crippen LogP contribution >= 0.6 is 0 Å². The second-order valence-corrected chi connectivity index (χ2v) is 6.74. The summed E-state index contributed by atoms with van der Waals surface area (Å²) >= 11 is 0. The average molecular weight is 309 g/mol. The van der Waals surface area contributed by atoms with Crippen LogP contribution in [0.3, 0.4) is 0 Å². The Hall–Kier alpha value is -1.93. The number of rotatable bonds is 6. The minimum Gasteiger partial charge on any atom is -0.370 e. The Balaban J connectivity index is 2.16. The van der Waals surface area contributed by atoms with Gasteiger partial charge in [0.25, 0.3) is 0 Å². The second-order valence-electron chi connectivity index (χ2n) is 4.69. The summed E-state index contributed by atoms with van der Waals surface area (Å²) < 4.78 is 27.8. The molecule has 0 fully saturated rings. The number of nitrogens with zero attached hydrogens (tertiary/aromatic N) is 4. The smallest absolute Gasteiger partial charge is 0.244 e. The van der Waals surface area contributed by atoms with Crippen LogP contribution in [0.25, 0.3) is 0 Å². The van der Waals surface area contributed by atoms with E-state index in [1.165, 1.54) is 10.5 Å². The molecule has 0 saturated carbocycles. The van der Waals surface area contributed by atoms with Crippen molar-refractivity contribution < 1.29 is 8.42 Å². The maximum atomic E-state index is 12.5. The molecule has 0 aliphatic carbocycles. The zero-order valence-electron chi connectivity index (χ0n) is 12.3. The largest absolute Gasteiger partial charge is 0.370 e. The van der Waals surface area contributed by atoms with Crippen LogP contribution in [0.1, 0.15) is 12.5 Å². The molecule has 0 aliphatic heterocycles. The van der Waals surface area contributed by atoms with Crippen molar-refractivity contribution in [3.63, 3.8) is 0 Å². The van der Waals surface area contributed by atoms with E-state index >= 15 is 0 Å². The minimum atomic E-state index is -3.55. The Labute approximate surface area is 124 Å². The van der Waals surface area contributed by atoms with E-state index in [4.69, 9.17) is 0 Å². The van der Waals surface area contributed by atoms with Gasteiger partial charge in [-0.3, -0.25) is 4.68 Å². The summed E-state index contributed by atoms with van der Waals surface area (Å²) in [6.07, 6.45) is 4.81. The molecule has 0 spiro atoms. The van der Waals surface area contributed by atoms with Crippen molar-refractivity contribution in [2.45, 2.75) is 18.4 Å². The fourth-order valence-electron chi connectivity index (χ4n) is 1.89. The molecule has 0 amide bonds. The van der Waals surface area contributed by atoms with E-state index in [1.54, 1.807) is 43.3 Å². The van der Waals surface area contributed by atoms with Gasteiger partial charge in [-0.15, -0.1) is 0 Å². The summed E-state index contributed by atoms with van der Waals surface area (Å²) in [4.78, 5) is 4.27. The first-order chi connectivity index (χ1) is 9.93. The summed E-state index contributed by atoms with van der Waals surface area (Å²) in [5, 5.41) is 7.06. The molecular weight excluding hydrogens is 290 g/mol. The molecule has 2 heterocycles. The number of sulfonamides is 1. The van der Waals surface area contributed by atoms with Gasteiger partial charge in [-0.1, -0.05) is 0 Å². The van der Waals surface area contributed by atoms with Gasteiger partial charge >= 0.3 is 0 Å². The monoisotopic (exact) mass is 309 g/mol. The first kappa shape index (κ1) is 15.5. The Morgan fingerprint density at radius 1 is 1.33 bits per heavy atom. The van der Waals surface area contributed by atoms with Crippen LogP contribution in [0.5, 0.6) is 0 Å². The van der Waals surface area contributed by atoms with E-state index in [9.17, 15) is 8.42 Å². The predicted octanol–water partition coefficient (Wildman–Crippen LogP) is 1.07. The van der Waals surface area contributed by atoms with Crippen molar-refractivity contribution >= 4 is 15.8 Å². The Kier molecular flexibility index (Phi) is 4.59. The maximum absolute atomic E-state index is 12.5. The number of aryl methyl sites for hydroxylation is 1. The number of anilines is 1. The summed E-state index contributed by atoms with van der Waals surface area (Å²) in [6, 6.07) is 3.22. The molecule has 114 valence electrons. The third-order valence-corrected chi connectivity index (χ3v) is 4.75. The zero-order chi connectivity index (χ0) is 15.5. The number of aromatic nitrogens is 3. The average Bonchev–Trinajstić information content (AvgIpc) is 2.85. The topological polar surface area (TPSA) is 80.1 Å². The lowest BCUT2D eigenvalue weighted by Crippen LogP contribution is -2.26. The molecule has 2 aromatic rings. The predicted molar refractivity (Wildman–Crippen MR) is 80.3 cm³/mol. The van der Waals surface area contributed by atoms with Crippen LogP contribution in [-0.2, 0) is 23.6 Å². The standard InChI is InChI=1S/C13H19N5O2S/c1-4-14-13-6-5-12(8-15-13)21(19,20)18(3)10-11-7-16-17(2)9-11/h5-9H,4,10H2,1-3H3,(H,14,15). The molecule has 0 unspecified atom stereocenters. The lowest BCUT2D eigenvalue weighted by molar-refractivity contribution is 0.466. The lowest BCUT2D eigenvalue weighted by atomic mass is 10.4. The number of nitrogens with one attached hydrogen (secondary N) is 1. The summed E-state index contributed by atoms with van der Waals surface area (Å²) in [5.41, 5.74) is 0.834. The molecule has 0 atom stereocenters. The van der Waals surface area contributed by atoms with Crippen molar-refractivity contribution in [1.82, 2.24) is 19.1 Å². The Morgan fingerprint density at radius 3 is 2.62 bits per heavy atom. The molecule has 2 rings (SSSR count). The van der Waals surface area contributed by atoms with Crippen molar-refractivity contribution in [2.75, 3.05) is 18.9 Å². The molecule has 0 aromatic carbocycles. The zero-order valence-corrected chi connectivity index (χ0v) is 13.1. The fraction of sp³-hybridized carbons (Fsp3) is 0.385. The van der Waals surface area contributed by atoms with Crippen LogP contribution in [0.4, 0.5) is 5.82 Å². The highest BCUT2D eigenvalue weighted by Crippen LogP contribution is 2.17. The van der Waals surface area contributed by atoms with E-state index in [2.05, 4.69) is 15.4 Å². The Bertz CT molecular complexity index is 694. The van der Waals surface area contributed by atoms with Gasteiger partial charge in [-0.25, -0.2) is 13.4 Å². The first-order valence-electron chi connectivity index (χ1n) is 6.57. The highest BCUT2D eigenvalue weighted by atomic mass is 32.2. The normalized spacial score (nSPS) is 11.8. The van der Waals surface area contributed by atoms with E-state index < -0.39 is 10.0 Å². The molecule has 21 heavy (non-hydrogen) atoms. The van der Waals surface area contributed by atoms with Crippen molar-refractivity contribution in [2.24, 2.45) is 7.05 Å². The van der Waals surface area contributed by atoms with Gasteiger partial charge in [0, 0.05) is 45.1 Å². The molecule has 0 radical (unpaired) electrons. The van der Waals surface area contributed by atoms with E-state index in [-0.39, 0.29) is 11.4 Å². The molecule has 7 nitrogen and oxygen atoms in total. The molecule has 2 aromatic heterocycles. The van der Waals surface area contributed by atoms with E-state index in [1.807, 2.05) is 6.92 Å². The first-order valence-corrected chi connectivity index (χ1v) is 8.01. The fourth-order valence-corrected chi connectivity index (χ4v) is 3.00. The highest BCUT2D eigenvalue weighted by Gasteiger charge is 2.21. The van der Waals surface area contributed by atoms with Crippen molar-refractivity contribution in [3.05, 3.63) is 36.3 Å². The van der Waals surface area contributed by atoms with Gasteiger partial charge in [0.05, 0.1) is 6.20 Å². The van der Waals surface area contributed by atoms with Gasteiger partial charge in [-0.05, 0) is 19.1 Å². The van der Waals surface area contributed by atoms with E-state index in [0.29, 0.717) is 5.82 Å². The Morgan fingerprint density at radius 2 is 2.10 bits per heavy atom. The third-order valence-electron chi connectivity index (χ3n) is 2.97. The van der Waals surface area contributed by atoms with Gasteiger partial charge in [-0.2, -0.15) is 9.40 Å². The lowest BCUT2D eigenvalue weighted by Gasteiger charge is -2.16. The summed E-state index contributed by atoms with van der Waals surface area (Å²) in [6.45, 7) is 2.96. The van der Waals surface area contributed by atoms with Gasteiger partial charge in [0.1, 0.15) is 10.7 Å². The van der Waals surface area contributed by atoms with Gasteiger partial charge < -0.3 is 5.32 Å². The van der Waals surface area contributed by atoms with Gasteiger partial charge in [0.15, 0.2) is 0 Å². The molecule has 8 heteroatoms. The SMILES string of the molecule is CCNc1ccc(S(=O)(=O)N(C)Cc2cnn(C)c2)cn1. The molecule has 0 bridgehead atoms. The summed E-state index contributed by atoms with van der Waals surface area (Å²) in [5.74, 6) is 0.659. The second kappa shape index (κ2) is 6.23. The van der Waals surface area contributed by atoms with Crippen molar-refractivity contribution in [3.8, 4) is 0 Å². The molecule has 0 aliphatic rings. The third kappa shape index (κ3) is 3.59. The molecule has 1 N–H and O–H groups in total. The minimum absolute atomic E-state index is 0.176. The number of hydrogen-bond donors (Lipinski definition) is 1.